The molecule has 1 aliphatic heterocycles. The van der Waals surface area contributed by atoms with E-state index in [2.05, 4.69) is 4.98 Å². The summed E-state index contributed by atoms with van der Waals surface area (Å²) in [6.45, 7) is 6.59. The van der Waals surface area contributed by atoms with E-state index in [0.717, 1.165) is 22.2 Å². The zero-order valence-electron chi connectivity index (χ0n) is 11.9. The topological polar surface area (TPSA) is 65.6 Å². The van der Waals surface area contributed by atoms with Gasteiger partial charge in [0.25, 0.3) is 0 Å². The van der Waals surface area contributed by atoms with Crippen molar-refractivity contribution in [3.05, 3.63) is 29.5 Å². The first-order chi connectivity index (χ1) is 9.33. The fourth-order valence-corrected chi connectivity index (χ4v) is 2.50. The van der Waals surface area contributed by atoms with E-state index in [1.54, 1.807) is 17.0 Å². The van der Waals surface area contributed by atoms with Crippen molar-refractivity contribution in [2.45, 2.75) is 39.5 Å². The molecule has 2 N–H and O–H groups in total. The number of carbonyl (C=O) groups is 1. The molecule has 0 saturated carbocycles. The van der Waals surface area contributed by atoms with Crippen LogP contribution in [0.3, 0.4) is 0 Å². The lowest BCUT2D eigenvalue weighted by molar-refractivity contribution is 0.0241. The molecule has 1 amide bonds. The highest BCUT2D eigenvalue weighted by atomic mass is 16.6. The number of phenolic OH excluding ortho intramolecular Hbond substituents is 1. The molecule has 0 bridgehead atoms. The van der Waals surface area contributed by atoms with E-state index in [1.807, 2.05) is 26.8 Å². The maximum absolute atomic E-state index is 12.1. The van der Waals surface area contributed by atoms with E-state index in [-0.39, 0.29) is 11.8 Å². The molecule has 0 spiro atoms. The Bertz CT molecular complexity index is 682. The monoisotopic (exact) mass is 274 g/mol. The van der Waals surface area contributed by atoms with Gasteiger partial charge in [0.1, 0.15) is 11.4 Å². The third-order valence-electron chi connectivity index (χ3n) is 3.33. The molecule has 1 aliphatic rings. The maximum Gasteiger partial charge on any atom is 0.410 e. The van der Waals surface area contributed by atoms with Gasteiger partial charge in [-0.3, -0.25) is 4.90 Å². The molecule has 1 aromatic heterocycles. The number of ether oxygens (including phenoxy) is 1. The summed E-state index contributed by atoms with van der Waals surface area (Å²) in [6, 6.07) is 5.23. The second kappa shape index (κ2) is 4.16. The first-order valence-electron chi connectivity index (χ1n) is 6.64. The van der Waals surface area contributed by atoms with Gasteiger partial charge < -0.3 is 14.8 Å². The number of nitrogens with one attached hydrogen (secondary N) is 1. The van der Waals surface area contributed by atoms with Crippen molar-refractivity contribution in [2.75, 3.05) is 0 Å². The number of hydrogen-bond acceptors (Lipinski definition) is 3. The van der Waals surface area contributed by atoms with Crippen LogP contribution in [-0.4, -0.2) is 26.7 Å². The Hall–Kier alpha value is -2.17. The van der Waals surface area contributed by atoms with E-state index >= 15 is 0 Å². The predicted octanol–water partition coefficient (Wildman–Crippen LogP) is 3.12. The van der Waals surface area contributed by atoms with Crippen LogP contribution in [0.15, 0.2) is 18.2 Å². The molecule has 2 heterocycles. The Morgan fingerprint density at radius 1 is 1.35 bits per heavy atom. The number of carbonyl (C=O) groups excluding carboxylic acids is 1. The molecule has 0 atom stereocenters. The van der Waals surface area contributed by atoms with Crippen LogP contribution in [0.4, 0.5) is 4.79 Å². The third-order valence-corrected chi connectivity index (χ3v) is 3.33. The number of phenols is 1. The highest BCUT2D eigenvalue weighted by Gasteiger charge is 2.30. The zero-order valence-corrected chi connectivity index (χ0v) is 11.9. The van der Waals surface area contributed by atoms with E-state index in [1.165, 1.54) is 0 Å². The van der Waals surface area contributed by atoms with Gasteiger partial charge in [0, 0.05) is 22.2 Å². The standard InChI is InChI=1S/C15H18N2O3/c1-15(2,3)20-14(19)17-7-11-10-6-9(18)4-5-12(10)16-13(11)8-17/h4-6,16,18H,7-8H2,1-3H3. The molecule has 5 heteroatoms. The molecular formula is C15H18N2O3. The van der Waals surface area contributed by atoms with Crippen LogP contribution < -0.4 is 0 Å². The fraction of sp³-hybridized carbons (Fsp3) is 0.400. The van der Waals surface area contributed by atoms with Crippen molar-refractivity contribution in [3.63, 3.8) is 0 Å². The predicted molar refractivity (Wildman–Crippen MR) is 75.4 cm³/mol. The van der Waals surface area contributed by atoms with Crippen molar-refractivity contribution in [2.24, 2.45) is 0 Å². The van der Waals surface area contributed by atoms with Gasteiger partial charge >= 0.3 is 6.09 Å². The summed E-state index contributed by atoms with van der Waals surface area (Å²) in [6.07, 6.45) is -0.310. The summed E-state index contributed by atoms with van der Waals surface area (Å²) >= 11 is 0. The normalized spacial score (nSPS) is 14.7. The van der Waals surface area contributed by atoms with Crippen molar-refractivity contribution in [1.29, 1.82) is 0 Å². The molecular weight excluding hydrogens is 256 g/mol. The smallest absolute Gasteiger partial charge is 0.410 e. The van der Waals surface area contributed by atoms with E-state index in [9.17, 15) is 9.90 Å². The quantitative estimate of drug-likeness (QED) is 0.775. The van der Waals surface area contributed by atoms with Crippen LogP contribution in [0.2, 0.25) is 0 Å². The van der Waals surface area contributed by atoms with Gasteiger partial charge in [0.05, 0.1) is 13.1 Å². The van der Waals surface area contributed by atoms with Crippen LogP contribution in [0.25, 0.3) is 10.9 Å². The summed E-state index contributed by atoms with van der Waals surface area (Å²) in [5.41, 5.74) is 2.56. The number of hydrogen-bond donors (Lipinski definition) is 2. The Kier molecular flexibility index (Phi) is 2.67. The average Bonchev–Trinajstić information content (AvgIpc) is 2.84. The van der Waals surface area contributed by atoms with Gasteiger partial charge in [0.15, 0.2) is 0 Å². The molecule has 2 aromatic rings. The minimum absolute atomic E-state index is 0.231. The zero-order chi connectivity index (χ0) is 14.5. The SMILES string of the molecule is CC(C)(C)OC(=O)N1Cc2[nH]c3ccc(O)cc3c2C1. The lowest BCUT2D eigenvalue weighted by Gasteiger charge is -2.24. The molecule has 0 unspecified atom stereocenters. The lowest BCUT2D eigenvalue weighted by atomic mass is 10.1. The summed E-state index contributed by atoms with van der Waals surface area (Å²) in [5, 5.41) is 10.6. The maximum atomic E-state index is 12.1. The molecule has 0 radical (unpaired) electrons. The molecule has 106 valence electrons. The summed E-state index contributed by atoms with van der Waals surface area (Å²) in [5.74, 6) is 0.231. The molecule has 3 rings (SSSR count). The highest BCUT2D eigenvalue weighted by Crippen LogP contribution is 2.32. The van der Waals surface area contributed by atoms with Gasteiger partial charge in [-0.25, -0.2) is 4.79 Å². The van der Waals surface area contributed by atoms with E-state index in [0.29, 0.717) is 13.1 Å². The number of aromatic nitrogens is 1. The van der Waals surface area contributed by atoms with Gasteiger partial charge in [0.2, 0.25) is 0 Å². The first-order valence-corrected chi connectivity index (χ1v) is 6.64. The number of benzene rings is 1. The minimum atomic E-state index is -0.492. The Labute approximate surface area is 117 Å². The lowest BCUT2D eigenvalue weighted by Crippen LogP contribution is -2.33. The van der Waals surface area contributed by atoms with Crippen molar-refractivity contribution in [3.8, 4) is 5.75 Å². The molecule has 0 fully saturated rings. The number of amides is 1. The van der Waals surface area contributed by atoms with E-state index < -0.39 is 5.60 Å². The van der Waals surface area contributed by atoms with Gasteiger partial charge in [-0.1, -0.05) is 0 Å². The molecule has 0 aliphatic carbocycles. The second-order valence-corrected chi connectivity index (χ2v) is 6.15. The van der Waals surface area contributed by atoms with Gasteiger partial charge in [-0.05, 0) is 39.0 Å². The van der Waals surface area contributed by atoms with E-state index in [4.69, 9.17) is 4.74 Å². The molecule has 20 heavy (non-hydrogen) atoms. The summed E-state index contributed by atoms with van der Waals surface area (Å²) < 4.78 is 5.38. The van der Waals surface area contributed by atoms with Crippen molar-refractivity contribution < 1.29 is 14.6 Å². The van der Waals surface area contributed by atoms with Crippen molar-refractivity contribution >= 4 is 17.0 Å². The number of H-pyrrole nitrogens is 1. The molecule has 0 saturated heterocycles. The summed E-state index contributed by atoms with van der Waals surface area (Å²) in [7, 11) is 0. The number of rotatable bonds is 0. The van der Waals surface area contributed by atoms with Crippen LogP contribution in [-0.2, 0) is 17.8 Å². The number of aromatic amines is 1. The Morgan fingerprint density at radius 3 is 2.80 bits per heavy atom. The molecule has 5 nitrogen and oxygen atoms in total. The molecule has 1 aromatic carbocycles. The first kappa shape index (κ1) is 12.8. The second-order valence-electron chi connectivity index (χ2n) is 6.15. The fourth-order valence-electron chi connectivity index (χ4n) is 2.50. The number of aromatic hydroxyl groups is 1. The largest absolute Gasteiger partial charge is 0.508 e. The Morgan fingerprint density at radius 2 is 2.10 bits per heavy atom. The van der Waals surface area contributed by atoms with Crippen LogP contribution in [0.1, 0.15) is 32.0 Å². The Balaban J connectivity index is 1.86. The number of fused-ring (bicyclic) bond motifs is 3. The van der Waals surface area contributed by atoms with Crippen LogP contribution in [0, 0.1) is 0 Å². The average molecular weight is 274 g/mol. The van der Waals surface area contributed by atoms with Crippen molar-refractivity contribution in [1.82, 2.24) is 9.88 Å². The highest BCUT2D eigenvalue weighted by molar-refractivity contribution is 5.87. The van der Waals surface area contributed by atoms with Gasteiger partial charge in [-0.15, -0.1) is 0 Å². The summed E-state index contributed by atoms with van der Waals surface area (Å²) in [4.78, 5) is 17.0. The third kappa shape index (κ3) is 2.19. The van der Waals surface area contributed by atoms with Gasteiger partial charge in [-0.2, -0.15) is 0 Å². The van der Waals surface area contributed by atoms with Crippen LogP contribution >= 0.6 is 0 Å². The minimum Gasteiger partial charge on any atom is -0.508 e. The number of nitrogens with zero attached hydrogens (tertiary/aromatic N) is 1. The van der Waals surface area contributed by atoms with Crippen LogP contribution in [0.5, 0.6) is 5.75 Å².